The van der Waals surface area contributed by atoms with Crippen molar-refractivity contribution >= 4 is 0 Å². The van der Waals surface area contributed by atoms with Crippen molar-refractivity contribution in [1.82, 2.24) is 0 Å². The summed E-state index contributed by atoms with van der Waals surface area (Å²) >= 11 is 0. The predicted molar refractivity (Wildman–Crippen MR) is 33.6 cm³/mol. The van der Waals surface area contributed by atoms with E-state index in [1.54, 1.807) is 0 Å². The van der Waals surface area contributed by atoms with Gasteiger partial charge >= 0.3 is 0 Å². The summed E-state index contributed by atoms with van der Waals surface area (Å²) in [6.45, 7) is -0.352. The molecule has 0 spiro atoms. The summed E-state index contributed by atoms with van der Waals surface area (Å²) in [6.07, 6.45) is -2.85. The van der Waals surface area contributed by atoms with Crippen molar-refractivity contribution < 1.29 is 20.4 Å². The Bertz CT molecular complexity index is 85.7. The van der Waals surface area contributed by atoms with Crippen molar-refractivity contribution in [2.45, 2.75) is 18.9 Å². The first-order valence-electron chi connectivity index (χ1n) is 2.98. The number of aliphatic hydroxyl groups is 4. The highest BCUT2D eigenvalue weighted by molar-refractivity contribution is 4.62. The highest BCUT2D eigenvalue weighted by atomic mass is 16.5. The summed E-state index contributed by atoms with van der Waals surface area (Å²) in [6, 6.07) is 0. The van der Waals surface area contributed by atoms with Crippen LogP contribution in [0.3, 0.4) is 0 Å². The van der Waals surface area contributed by atoms with Gasteiger partial charge < -0.3 is 26.2 Å². The van der Waals surface area contributed by atoms with E-state index in [1.807, 2.05) is 0 Å². The van der Waals surface area contributed by atoms with Crippen LogP contribution in [0.5, 0.6) is 0 Å². The fourth-order valence-electron chi connectivity index (χ4n) is 0.593. The summed E-state index contributed by atoms with van der Waals surface area (Å²) in [5.74, 6) is -0.667. The molecule has 0 amide bonds. The molecule has 0 aromatic rings. The number of hydrogen-bond donors (Lipinski definition) is 5. The van der Waals surface area contributed by atoms with Gasteiger partial charge in [-0.1, -0.05) is 0 Å². The van der Waals surface area contributed by atoms with Crippen molar-refractivity contribution in [2.24, 2.45) is 11.7 Å². The highest BCUT2D eigenvalue weighted by Gasteiger charge is 2.16. The molecule has 2 unspecified atom stereocenters. The van der Waals surface area contributed by atoms with E-state index in [1.165, 1.54) is 0 Å². The number of hydrogen-bond acceptors (Lipinski definition) is 5. The van der Waals surface area contributed by atoms with Gasteiger partial charge in [-0.25, -0.2) is 0 Å². The maximum atomic E-state index is 8.66. The van der Waals surface area contributed by atoms with E-state index in [-0.39, 0.29) is 13.0 Å². The first-order valence-corrected chi connectivity index (χ1v) is 2.98. The molecule has 10 heavy (non-hydrogen) atoms. The Morgan fingerprint density at radius 2 is 1.70 bits per heavy atom. The van der Waals surface area contributed by atoms with Crippen LogP contribution in [0.1, 0.15) is 6.42 Å². The molecule has 62 valence electrons. The molecule has 0 aliphatic rings. The molecule has 2 atom stereocenters. The Balaban J connectivity index is 3.60. The summed E-state index contributed by atoms with van der Waals surface area (Å²) in [5.41, 5.74) is 4.97. The topological polar surface area (TPSA) is 107 Å². The van der Waals surface area contributed by atoms with E-state index in [2.05, 4.69) is 0 Å². The standard InChI is InChI=1S/C5H13NO4/c6-5(10)3(2-7)1-4(8)9/h3-5,7-10H,1-2,6H2. The predicted octanol–water partition coefficient (Wildman–Crippen LogP) is -2.43. The molecule has 0 bridgehead atoms. The van der Waals surface area contributed by atoms with Crippen LogP contribution >= 0.6 is 0 Å². The van der Waals surface area contributed by atoms with Gasteiger partial charge in [0.1, 0.15) is 6.23 Å². The third-order valence-corrected chi connectivity index (χ3v) is 1.23. The Hall–Kier alpha value is -0.200. The molecule has 5 nitrogen and oxygen atoms in total. The minimum absolute atomic E-state index is 0.117. The van der Waals surface area contributed by atoms with Gasteiger partial charge in [0.25, 0.3) is 0 Å². The molecule has 0 aromatic carbocycles. The summed E-state index contributed by atoms with van der Waals surface area (Å²) in [7, 11) is 0. The smallest absolute Gasteiger partial charge is 0.151 e. The van der Waals surface area contributed by atoms with Crippen LogP contribution in [-0.2, 0) is 0 Å². The van der Waals surface area contributed by atoms with Gasteiger partial charge in [0, 0.05) is 18.9 Å². The number of aliphatic hydroxyl groups excluding tert-OH is 3. The lowest BCUT2D eigenvalue weighted by Gasteiger charge is -2.17. The lowest BCUT2D eigenvalue weighted by molar-refractivity contribution is -0.0759. The van der Waals surface area contributed by atoms with Gasteiger partial charge in [0.05, 0.1) is 0 Å². The van der Waals surface area contributed by atoms with Gasteiger partial charge in [0.2, 0.25) is 0 Å². The SMILES string of the molecule is NC(O)C(CO)CC(O)O. The van der Waals surface area contributed by atoms with E-state index in [0.717, 1.165) is 0 Å². The third-order valence-electron chi connectivity index (χ3n) is 1.23. The van der Waals surface area contributed by atoms with Crippen LogP contribution < -0.4 is 5.73 Å². The third kappa shape index (κ3) is 3.76. The van der Waals surface area contributed by atoms with Crippen LogP contribution in [0.15, 0.2) is 0 Å². The van der Waals surface area contributed by atoms with E-state index in [4.69, 9.17) is 26.2 Å². The number of rotatable bonds is 4. The zero-order valence-electron chi connectivity index (χ0n) is 5.51. The van der Waals surface area contributed by atoms with Crippen molar-refractivity contribution in [3.63, 3.8) is 0 Å². The zero-order chi connectivity index (χ0) is 8.15. The van der Waals surface area contributed by atoms with Crippen molar-refractivity contribution in [3.05, 3.63) is 0 Å². The van der Waals surface area contributed by atoms with Crippen molar-refractivity contribution in [3.8, 4) is 0 Å². The average Bonchev–Trinajstić information content (AvgIpc) is 1.81. The number of nitrogens with two attached hydrogens (primary N) is 1. The van der Waals surface area contributed by atoms with Gasteiger partial charge in [-0.15, -0.1) is 0 Å². The van der Waals surface area contributed by atoms with E-state index in [9.17, 15) is 0 Å². The molecule has 6 N–H and O–H groups in total. The largest absolute Gasteiger partial charge is 0.396 e. The van der Waals surface area contributed by atoms with Crippen LogP contribution in [0.4, 0.5) is 0 Å². The van der Waals surface area contributed by atoms with Crippen molar-refractivity contribution in [1.29, 1.82) is 0 Å². The second-order valence-electron chi connectivity index (χ2n) is 2.15. The fraction of sp³-hybridized carbons (Fsp3) is 1.00. The summed E-state index contributed by atoms with van der Waals surface area (Å²) in [4.78, 5) is 0. The lowest BCUT2D eigenvalue weighted by atomic mass is 10.1. The molecule has 0 rings (SSSR count). The van der Waals surface area contributed by atoms with Crippen LogP contribution in [0.25, 0.3) is 0 Å². The quantitative estimate of drug-likeness (QED) is 0.287. The zero-order valence-corrected chi connectivity index (χ0v) is 5.51. The lowest BCUT2D eigenvalue weighted by Crippen LogP contribution is -2.34. The maximum Gasteiger partial charge on any atom is 0.151 e. The molecule has 0 saturated carbocycles. The van der Waals surface area contributed by atoms with Crippen LogP contribution in [0.2, 0.25) is 0 Å². The minimum Gasteiger partial charge on any atom is -0.396 e. The van der Waals surface area contributed by atoms with E-state index >= 15 is 0 Å². The molecule has 5 heteroatoms. The first-order chi connectivity index (χ1) is 4.57. The summed E-state index contributed by atoms with van der Waals surface area (Å²) in [5, 5.41) is 33.9. The monoisotopic (exact) mass is 151 g/mol. The fourth-order valence-corrected chi connectivity index (χ4v) is 0.593. The average molecular weight is 151 g/mol. The molecule has 0 aromatic heterocycles. The molecular weight excluding hydrogens is 138 g/mol. The maximum absolute atomic E-state index is 8.66. The van der Waals surface area contributed by atoms with Gasteiger partial charge in [-0.3, -0.25) is 0 Å². The molecule has 0 aliphatic heterocycles. The molecule has 0 saturated heterocycles. The Morgan fingerprint density at radius 1 is 1.20 bits per heavy atom. The van der Waals surface area contributed by atoms with Gasteiger partial charge in [-0.2, -0.15) is 0 Å². The van der Waals surface area contributed by atoms with E-state index in [0.29, 0.717) is 0 Å². The Labute approximate surface area is 58.7 Å². The van der Waals surface area contributed by atoms with Gasteiger partial charge in [0.15, 0.2) is 6.29 Å². The molecular formula is C5H13NO4. The first kappa shape index (κ1) is 9.80. The van der Waals surface area contributed by atoms with Crippen LogP contribution in [0, 0.1) is 5.92 Å². The second kappa shape index (κ2) is 4.59. The van der Waals surface area contributed by atoms with Gasteiger partial charge in [-0.05, 0) is 0 Å². The molecule has 0 fully saturated rings. The minimum atomic E-state index is -1.53. The molecule has 0 radical (unpaired) electrons. The molecule has 0 heterocycles. The Kier molecular flexibility index (Phi) is 4.50. The van der Waals surface area contributed by atoms with Crippen LogP contribution in [-0.4, -0.2) is 39.6 Å². The molecule has 0 aliphatic carbocycles. The second-order valence-corrected chi connectivity index (χ2v) is 2.15. The van der Waals surface area contributed by atoms with Crippen molar-refractivity contribution in [2.75, 3.05) is 6.61 Å². The highest BCUT2D eigenvalue weighted by Crippen LogP contribution is 2.06. The Morgan fingerprint density at radius 3 is 1.80 bits per heavy atom. The van der Waals surface area contributed by atoms with E-state index < -0.39 is 18.4 Å². The normalized spacial score (nSPS) is 17.4. The summed E-state index contributed by atoms with van der Waals surface area (Å²) < 4.78 is 0.